The van der Waals surface area contributed by atoms with Crippen LogP contribution in [0.25, 0.3) is 5.69 Å². The minimum absolute atomic E-state index is 0.0835. The van der Waals surface area contributed by atoms with Crippen LogP contribution in [0.5, 0.6) is 0 Å². The number of rotatable bonds is 7. The first-order valence-corrected chi connectivity index (χ1v) is 10.5. The SMILES string of the molecule is CC(C)c1c(C(=O)Nc2ccn(CCc3ccncc3)n2)cnn1-c1cccc(Cl)c1. The summed E-state index contributed by atoms with van der Waals surface area (Å²) in [6.07, 6.45) is 7.84. The third-order valence-electron chi connectivity index (χ3n) is 4.91. The molecule has 0 saturated carbocycles. The number of anilines is 1. The Labute approximate surface area is 185 Å². The molecule has 31 heavy (non-hydrogen) atoms. The van der Waals surface area contributed by atoms with Crippen LogP contribution in [0.3, 0.4) is 0 Å². The summed E-state index contributed by atoms with van der Waals surface area (Å²) in [6.45, 7) is 4.77. The van der Waals surface area contributed by atoms with Gasteiger partial charge in [0.1, 0.15) is 0 Å². The molecule has 4 aromatic rings. The summed E-state index contributed by atoms with van der Waals surface area (Å²) >= 11 is 6.14. The maximum absolute atomic E-state index is 13.0. The van der Waals surface area contributed by atoms with Crippen molar-refractivity contribution in [2.45, 2.75) is 32.7 Å². The second-order valence-electron chi connectivity index (χ2n) is 7.51. The lowest BCUT2D eigenvalue weighted by atomic mass is 10.1. The van der Waals surface area contributed by atoms with E-state index < -0.39 is 0 Å². The molecule has 0 saturated heterocycles. The zero-order chi connectivity index (χ0) is 21.8. The van der Waals surface area contributed by atoms with Gasteiger partial charge in [0, 0.05) is 36.2 Å². The average Bonchev–Trinajstić information content (AvgIpc) is 3.40. The molecule has 0 aliphatic heterocycles. The van der Waals surface area contributed by atoms with E-state index in [1.54, 1.807) is 29.3 Å². The quantitative estimate of drug-likeness (QED) is 0.456. The van der Waals surface area contributed by atoms with Crippen LogP contribution >= 0.6 is 11.6 Å². The molecule has 0 aliphatic carbocycles. The van der Waals surface area contributed by atoms with Crippen LogP contribution in [0.15, 0.2) is 67.3 Å². The summed E-state index contributed by atoms with van der Waals surface area (Å²) in [5, 5.41) is 12.4. The van der Waals surface area contributed by atoms with Crippen molar-refractivity contribution in [3.63, 3.8) is 0 Å². The number of nitrogens with zero attached hydrogens (tertiary/aromatic N) is 5. The molecule has 3 heterocycles. The minimum atomic E-state index is -0.239. The smallest absolute Gasteiger partial charge is 0.260 e. The number of amides is 1. The molecule has 1 amide bonds. The van der Waals surface area contributed by atoms with Crippen LogP contribution in [0.4, 0.5) is 5.82 Å². The lowest BCUT2D eigenvalue weighted by Gasteiger charge is -2.13. The van der Waals surface area contributed by atoms with Gasteiger partial charge in [-0.3, -0.25) is 14.5 Å². The van der Waals surface area contributed by atoms with Crippen molar-refractivity contribution in [2.24, 2.45) is 0 Å². The number of benzene rings is 1. The molecule has 1 aromatic carbocycles. The number of aromatic nitrogens is 5. The molecular weight excluding hydrogens is 412 g/mol. The molecule has 1 N–H and O–H groups in total. The van der Waals surface area contributed by atoms with Gasteiger partial charge in [0.15, 0.2) is 5.82 Å². The summed E-state index contributed by atoms with van der Waals surface area (Å²) in [5.74, 6) is 0.349. The van der Waals surface area contributed by atoms with E-state index in [1.807, 2.05) is 61.1 Å². The molecule has 3 aromatic heterocycles. The van der Waals surface area contributed by atoms with E-state index in [9.17, 15) is 4.79 Å². The van der Waals surface area contributed by atoms with Crippen LogP contribution in [-0.2, 0) is 13.0 Å². The van der Waals surface area contributed by atoms with Crippen molar-refractivity contribution >= 4 is 23.3 Å². The Morgan fingerprint density at radius 2 is 1.97 bits per heavy atom. The molecule has 4 rings (SSSR count). The van der Waals surface area contributed by atoms with Crippen molar-refractivity contribution in [1.29, 1.82) is 0 Å². The molecule has 0 aliphatic rings. The Hall–Kier alpha value is -3.45. The lowest BCUT2D eigenvalue weighted by Crippen LogP contribution is -2.16. The standard InChI is InChI=1S/C23H23ClN6O/c1-16(2)22-20(15-26-30(22)19-5-3-4-18(24)14-19)23(31)27-21-9-13-29(28-21)12-8-17-6-10-25-11-7-17/h3-7,9-11,13-16H,8,12H2,1-2H3,(H,27,28,31). The number of hydrogen-bond donors (Lipinski definition) is 1. The molecule has 0 atom stereocenters. The molecule has 158 valence electrons. The normalized spacial score (nSPS) is 11.1. The second kappa shape index (κ2) is 9.14. The first kappa shape index (κ1) is 20.8. The summed E-state index contributed by atoms with van der Waals surface area (Å²) in [7, 11) is 0. The first-order valence-electron chi connectivity index (χ1n) is 10.1. The van der Waals surface area contributed by atoms with Crippen LogP contribution in [0.2, 0.25) is 5.02 Å². The molecule has 0 spiro atoms. The van der Waals surface area contributed by atoms with E-state index in [0.717, 1.165) is 17.8 Å². The monoisotopic (exact) mass is 434 g/mol. The van der Waals surface area contributed by atoms with Crippen LogP contribution in [0.1, 0.15) is 41.4 Å². The molecule has 7 nitrogen and oxygen atoms in total. The molecule has 0 unspecified atom stereocenters. The zero-order valence-corrected chi connectivity index (χ0v) is 18.1. The van der Waals surface area contributed by atoms with E-state index in [4.69, 9.17) is 11.6 Å². The Morgan fingerprint density at radius 3 is 2.71 bits per heavy atom. The van der Waals surface area contributed by atoms with Crippen LogP contribution in [0, 0.1) is 0 Å². The maximum atomic E-state index is 13.0. The summed E-state index contributed by atoms with van der Waals surface area (Å²) < 4.78 is 3.58. The van der Waals surface area contributed by atoms with Crippen molar-refractivity contribution in [3.05, 3.63) is 89.1 Å². The third-order valence-corrected chi connectivity index (χ3v) is 5.15. The second-order valence-corrected chi connectivity index (χ2v) is 7.95. The Balaban J connectivity index is 1.49. The van der Waals surface area contributed by atoms with Gasteiger partial charge in [-0.15, -0.1) is 0 Å². The van der Waals surface area contributed by atoms with Gasteiger partial charge in [-0.2, -0.15) is 10.2 Å². The first-order chi connectivity index (χ1) is 15.0. The molecule has 0 fully saturated rings. The highest BCUT2D eigenvalue weighted by Gasteiger charge is 2.21. The fourth-order valence-electron chi connectivity index (χ4n) is 3.43. The number of pyridine rings is 1. The topological polar surface area (TPSA) is 77.6 Å². The third kappa shape index (κ3) is 4.83. The Kier molecular flexibility index (Phi) is 6.13. The number of carbonyl (C=O) groups is 1. The maximum Gasteiger partial charge on any atom is 0.260 e. The number of halogens is 1. The molecular formula is C23H23ClN6O. The van der Waals surface area contributed by atoms with Crippen LogP contribution < -0.4 is 5.32 Å². The largest absolute Gasteiger partial charge is 0.305 e. The minimum Gasteiger partial charge on any atom is -0.305 e. The van der Waals surface area contributed by atoms with Crippen molar-refractivity contribution in [1.82, 2.24) is 24.5 Å². The predicted octanol–water partition coefficient (Wildman–Crippen LogP) is 4.74. The fraction of sp³-hybridized carbons (Fsp3) is 0.217. The fourth-order valence-corrected chi connectivity index (χ4v) is 3.62. The van der Waals surface area contributed by atoms with Crippen molar-refractivity contribution in [2.75, 3.05) is 5.32 Å². The Bertz CT molecular complexity index is 1180. The van der Waals surface area contributed by atoms with Gasteiger partial charge in [0.2, 0.25) is 0 Å². The number of carbonyl (C=O) groups excluding carboxylic acids is 1. The van der Waals surface area contributed by atoms with Gasteiger partial charge >= 0.3 is 0 Å². The lowest BCUT2D eigenvalue weighted by molar-refractivity contribution is 0.102. The highest BCUT2D eigenvalue weighted by Crippen LogP contribution is 2.25. The number of aryl methyl sites for hydroxylation is 2. The summed E-state index contributed by atoms with van der Waals surface area (Å²) in [6, 6.07) is 13.2. The van der Waals surface area contributed by atoms with Crippen LogP contribution in [-0.4, -0.2) is 30.5 Å². The van der Waals surface area contributed by atoms with E-state index in [1.165, 1.54) is 5.56 Å². The summed E-state index contributed by atoms with van der Waals surface area (Å²) in [5.41, 5.74) is 3.33. The molecule has 0 radical (unpaired) electrons. The van der Waals surface area contributed by atoms with Gasteiger partial charge in [-0.1, -0.05) is 31.5 Å². The van der Waals surface area contributed by atoms with Gasteiger partial charge < -0.3 is 5.32 Å². The predicted molar refractivity (Wildman–Crippen MR) is 121 cm³/mol. The highest BCUT2D eigenvalue weighted by atomic mass is 35.5. The average molecular weight is 435 g/mol. The van der Waals surface area contributed by atoms with Gasteiger partial charge in [0.05, 0.1) is 23.1 Å². The molecule has 8 heteroatoms. The van der Waals surface area contributed by atoms with Gasteiger partial charge in [-0.05, 0) is 48.2 Å². The highest BCUT2D eigenvalue weighted by molar-refractivity contribution is 6.30. The number of hydrogen-bond acceptors (Lipinski definition) is 4. The van der Waals surface area contributed by atoms with Crippen molar-refractivity contribution < 1.29 is 4.79 Å². The number of nitrogens with one attached hydrogen (secondary N) is 1. The van der Waals surface area contributed by atoms with E-state index in [-0.39, 0.29) is 11.8 Å². The summed E-state index contributed by atoms with van der Waals surface area (Å²) in [4.78, 5) is 17.0. The van der Waals surface area contributed by atoms with Gasteiger partial charge in [0.25, 0.3) is 5.91 Å². The van der Waals surface area contributed by atoms with E-state index in [0.29, 0.717) is 22.9 Å². The van der Waals surface area contributed by atoms with Gasteiger partial charge in [-0.25, -0.2) is 4.68 Å². The van der Waals surface area contributed by atoms with E-state index >= 15 is 0 Å². The Morgan fingerprint density at radius 1 is 1.16 bits per heavy atom. The zero-order valence-electron chi connectivity index (χ0n) is 17.4. The van der Waals surface area contributed by atoms with E-state index in [2.05, 4.69) is 20.5 Å². The molecule has 0 bridgehead atoms. The van der Waals surface area contributed by atoms with Crippen molar-refractivity contribution in [3.8, 4) is 5.69 Å².